The van der Waals surface area contributed by atoms with Crippen molar-refractivity contribution in [2.24, 2.45) is 0 Å². The first-order chi connectivity index (χ1) is 9.22. The molecule has 0 spiro atoms. The largest absolute Gasteiger partial charge is 0.452 e. The van der Waals surface area contributed by atoms with Gasteiger partial charge in [0.25, 0.3) is 0 Å². The number of ketones is 1. The van der Waals surface area contributed by atoms with Gasteiger partial charge in [-0.15, -0.1) is 0 Å². The van der Waals surface area contributed by atoms with Crippen LogP contribution >= 0.6 is 15.9 Å². The van der Waals surface area contributed by atoms with Crippen molar-refractivity contribution < 1.29 is 9.21 Å². The van der Waals surface area contributed by atoms with Crippen LogP contribution in [0.2, 0.25) is 0 Å². The van der Waals surface area contributed by atoms with Crippen molar-refractivity contribution >= 4 is 32.7 Å². The molecule has 2 aromatic rings. The first-order valence-corrected chi connectivity index (χ1v) is 7.73. The van der Waals surface area contributed by atoms with Gasteiger partial charge in [0.1, 0.15) is 5.58 Å². The summed E-state index contributed by atoms with van der Waals surface area (Å²) in [6.45, 7) is 2.19. The molecular weight excluding hydrogens is 304 g/mol. The van der Waals surface area contributed by atoms with Gasteiger partial charge in [-0.25, -0.2) is 0 Å². The molecule has 0 aliphatic rings. The smallest absolute Gasteiger partial charge is 0.198 e. The lowest BCUT2D eigenvalue weighted by molar-refractivity contribution is 0.0954. The number of Topliss-reactive ketones (excluding diaryl/α,β-unsaturated/α-hetero) is 1. The molecule has 1 aromatic carbocycles. The summed E-state index contributed by atoms with van der Waals surface area (Å²) in [5, 5.41) is 0.976. The topological polar surface area (TPSA) is 30.2 Å². The molecule has 0 saturated carbocycles. The van der Waals surface area contributed by atoms with Crippen LogP contribution in [0, 0.1) is 0 Å². The lowest BCUT2D eigenvalue weighted by atomic mass is 10.1. The molecule has 0 bridgehead atoms. The average molecular weight is 323 g/mol. The van der Waals surface area contributed by atoms with E-state index in [9.17, 15) is 4.79 Å². The lowest BCUT2D eigenvalue weighted by Gasteiger charge is -1.98. The minimum atomic E-state index is 0.111. The van der Waals surface area contributed by atoms with Crippen LogP contribution in [-0.2, 0) is 0 Å². The van der Waals surface area contributed by atoms with E-state index in [1.165, 1.54) is 19.3 Å². The highest BCUT2D eigenvalue weighted by molar-refractivity contribution is 9.10. The maximum absolute atomic E-state index is 12.0. The molecular formula is C16H19BrO2. The molecule has 2 rings (SSSR count). The molecule has 0 unspecified atom stereocenters. The Hall–Kier alpha value is -1.09. The number of rotatable bonds is 7. The van der Waals surface area contributed by atoms with Crippen LogP contribution < -0.4 is 0 Å². The Bertz CT molecular complexity index is 557. The molecule has 0 N–H and O–H groups in total. The second-order valence-corrected chi connectivity index (χ2v) is 5.71. The third-order valence-electron chi connectivity index (χ3n) is 3.28. The van der Waals surface area contributed by atoms with Crippen molar-refractivity contribution in [2.75, 3.05) is 0 Å². The van der Waals surface area contributed by atoms with Crippen molar-refractivity contribution in [3.05, 3.63) is 34.5 Å². The van der Waals surface area contributed by atoms with Gasteiger partial charge >= 0.3 is 0 Å². The highest BCUT2D eigenvalue weighted by Crippen LogP contribution is 2.27. The van der Waals surface area contributed by atoms with Gasteiger partial charge < -0.3 is 4.42 Å². The van der Waals surface area contributed by atoms with Crippen molar-refractivity contribution in [3.8, 4) is 0 Å². The van der Waals surface area contributed by atoms with E-state index in [4.69, 9.17) is 4.42 Å². The van der Waals surface area contributed by atoms with E-state index < -0.39 is 0 Å². The van der Waals surface area contributed by atoms with Gasteiger partial charge in [0.05, 0.1) is 4.47 Å². The number of halogens is 1. The van der Waals surface area contributed by atoms with Gasteiger partial charge in [0.15, 0.2) is 11.5 Å². The second kappa shape index (κ2) is 6.90. The van der Waals surface area contributed by atoms with Gasteiger partial charge in [-0.1, -0.05) is 44.7 Å². The predicted molar refractivity (Wildman–Crippen MR) is 81.6 cm³/mol. The number of carbonyl (C=O) groups excluding carboxylic acids is 1. The number of para-hydroxylation sites is 1. The van der Waals surface area contributed by atoms with Crippen LogP contribution in [0.3, 0.4) is 0 Å². The molecule has 1 aromatic heterocycles. The fourth-order valence-corrected chi connectivity index (χ4v) is 2.64. The number of unbranched alkanes of at least 4 members (excludes halogenated alkanes) is 4. The van der Waals surface area contributed by atoms with Gasteiger partial charge in [0.2, 0.25) is 0 Å². The highest BCUT2D eigenvalue weighted by Gasteiger charge is 2.13. The van der Waals surface area contributed by atoms with Crippen molar-refractivity contribution in [1.29, 1.82) is 0 Å². The summed E-state index contributed by atoms with van der Waals surface area (Å²) in [7, 11) is 0. The zero-order valence-corrected chi connectivity index (χ0v) is 12.8. The van der Waals surface area contributed by atoms with Gasteiger partial charge in [0, 0.05) is 11.8 Å². The Morgan fingerprint density at radius 1 is 1.21 bits per heavy atom. The number of fused-ring (bicyclic) bond motifs is 1. The van der Waals surface area contributed by atoms with Crippen LogP contribution in [0.5, 0.6) is 0 Å². The summed E-state index contributed by atoms with van der Waals surface area (Å²) in [6.07, 6.45) is 6.37. The standard InChI is InChI=1S/C16H19BrO2/c1-2-3-4-5-6-10-14(18)15-11-12-8-7-9-13(17)16(12)19-15/h7-9,11H,2-6,10H2,1H3. The fraction of sp³-hybridized carbons (Fsp3) is 0.438. The highest BCUT2D eigenvalue weighted by atomic mass is 79.9. The molecule has 0 atom stereocenters. The Balaban J connectivity index is 1.96. The summed E-state index contributed by atoms with van der Waals surface area (Å²) >= 11 is 3.44. The number of hydrogen-bond donors (Lipinski definition) is 0. The normalized spacial score (nSPS) is 11.1. The third kappa shape index (κ3) is 3.69. The first kappa shape index (κ1) is 14.3. The van der Waals surface area contributed by atoms with Gasteiger partial charge in [-0.05, 0) is 34.5 Å². The van der Waals surface area contributed by atoms with Gasteiger partial charge in [-0.3, -0.25) is 4.79 Å². The molecule has 3 heteroatoms. The molecule has 102 valence electrons. The third-order valence-corrected chi connectivity index (χ3v) is 3.90. The zero-order valence-electron chi connectivity index (χ0n) is 11.2. The molecule has 0 aliphatic heterocycles. The lowest BCUT2D eigenvalue weighted by Crippen LogP contribution is -1.96. The molecule has 0 amide bonds. The quantitative estimate of drug-likeness (QED) is 0.480. The Labute approximate surface area is 122 Å². The Kier molecular flexibility index (Phi) is 5.20. The predicted octanol–water partition coefficient (Wildman–Crippen LogP) is 5.74. The summed E-state index contributed by atoms with van der Waals surface area (Å²) in [5.41, 5.74) is 0.761. The van der Waals surface area contributed by atoms with E-state index in [2.05, 4.69) is 22.9 Å². The SMILES string of the molecule is CCCCCCCC(=O)c1cc2cccc(Br)c2o1. The minimum Gasteiger partial charge on any atom is -0.452 e. The van der Waals surface area contributed by atoms with E-state index in [1.54, 1.807) is 0 Å². The van der Waals surface area contributed by atoms with E-state index in [-0.39, 0.29) is 5.78 Å². The molecule has 0 radical (unpaired) electrons. The van der Waals surface area contributed by atoms with Gasteiger partial charge in [-0.2, -0.15) is 0 Å². The van der Waals surface area contributed by atoms with E-state index in [0.717, 1.165) is 28.3 Å². The summed E-state index contributed by atoms with van der Waals surface area (Å²) in [5.74, 6) is 0.594. The first-order valence-electron chi connectivity index (χ1n) is 6.93. The number of hydrogen-bond acceptors (Lipinski definition) is 2. The van der Waals surface area contributed by atoms with E-state index >= 15 is 0 Å². The number of benzene rings is 1. The number of carbonyl (C=O) groups is 1. The Morgan fingerprint density at radius 2 is 2.00 bits per heavy atom. The maximum atomic E-state index is 12.0. The molecule has 0 fully saturated rings. The maximum Gasteiger partial charge on any atom is 0.198 e. The average Bonchev–Trinajstić information content (AvgIpc) is 2.84. The van der Waals surface area contributed by atoms with Crippen LogP contribution in [0.25, 0.3) is 11.0 Å². The van der Waals surface area contributed by atoms with Crippen molar-refractivity contribution in [2.45, 2.75) is 45.4 Å². The summed E-state index contributed by atoms with van der Waals surface area (Å²) in [6, 6.07) is 7.67. The van der Waals surface area contributed by atoms with Crippen LogP contribution in [0.1, 0.15) is 56.0 Å². The summed E-state index contributed by atoms with van der Waals surface area (Å²) in [4.78, 5) is 12.0. The molecule has 0 saturated heterocycles. The molecule has 19 heavy (non-hydrogen) atoms. The molecule has 0 aliphatic carbocycles. The Morgan fingerprint density at radius 3 is 2.74 bits per heavy atom. The zero-order chi connectivity index (χ0) is 13.7. The number of furan rings is 1. The minimum absolute atomic E-state index is 0.111. The van der Waals surface area contributed by atoms with Crippen molar-refractivity contribution in [3.63, 3.8) is 0 Å². The van der Waals surface area contributed by atoms with Crippen LogP contribution in [-0.4, -0.2) is 5.78 Å². The second-order valence-electron chi connectivity index (χ2n) is 4.86. The summed E-state index contributed by atoms with van der Waals surface area (Å²) < 4.78 is 6.54. The van der Waals surface area contributed by atoms with E-state index in [0.29, 0.717) is 12.2 Å². The van der Waals surface area contributed by atoms with Crippen molar-refractivity contribution in [1.82, 2.24) is 0 Å². The van der Waals surface area contributed by atoms with E-state index in [1.807, 2.05) is 24.3 Å². The molecule has 1 heterocycles. The monoisotopic (exact) mass is 322 g/mol. The molecule has 2 nitrogen and oxygen atoms in total. The van der Waals surface area contributed by atoms with Crippen LogP contribution in [0.15, 0.2) is 33.2 Å². The fourth-order valence-electron chi connectivity index (χ4n) is 2.18. The van der Waals surface area contributed by atoms with Crippen LogP contribution in [0.4, 0.5) is 0 Å².